The second-order valence-electron chi connectivity index (χ2n) is 9.85. The van der Waals surface area contributed by atoms with Crippen molar-refractivity contribution in [3.63, 3.8) is 0 Å². The molecule has 4 aromatic rings. The van der Waals surface area contributed by atoms with Gasteiger partial charge in [-0.3, -0.25) is 19.0 Å². The van der Waals surface area contributed by atoms with Gasteiger partial charge in [0.25, 0.3) is 17.4 Å². The smallest absolute Gasteiger partial charge is 0.261 e. The molecule has 0 atom stereocenters. The highest BCUT2D eigenvalue weighted by Gasteiger charge is 2.31. The fourth-order valence-electron chi connectivity index (χ4n) is 5.12. The van der Waals surface area contributed by atoms with Gasteiger partial charge in [0.1, 0.15) is 5.65 Å². The molecule has 1 aliphatic carbocycles. The van der Waals surface area contributed by atoms with E-state index in [0.29, 0.717) is 51.9 Å². The summed E-state index contributed by atoms with van der Waals surface area (Å²) in [6.07, 6.45) is 5.45. The summed E-state index contributed by atoms with van der Waals surface area (Å²) >= 11 is 9.61. The number of carbonyl (C=O) groups is 2. The summed E-state index contributed by atoms with van der Waals surface area (Å²) in [5, 5.41) is 7.81. The fraction of sp³-hybridized carbons (Fsp3) is 0.286. The molecule has 0 saturated heterocycles. The Morgan fingerprint density at radius 2 is 1.87 bits per heavy atom. The molecule has 6 rings (SSSR count). The van der Waals surface area contributed by atoms with Crippen molar-refractivity contribution in [2.24, 2.45) is 5.92 Å². The lowest BCUT2D eigenvalue weighted by Crippen LogP contribution is -2.41. The Hall–Kier alpha value is -3.43. The molecule has 2 aromatic carbocycles. The molecule has 2 aromatic heterocycles. The molecule has 1 aliphatic heterocycles. The van der Waals surface area contributed by atoms with Crippen LogP contribution in [0, 0.1) is 5.92 Å². The highest BCUT2D eigenvalue weighted by atomic mass is 79.9. The molecule has 38 heavy (non-hydrogen) atoms. The van der Waals surface area contributed by atoms with Gasteiger partial charge in [-0.2, -0.15) is 5.10 Å². The van der Waals surface area contributed by atoms with Gasteiger partial charge in [-0.1, -0.05) is 11.6 Å². The van der Waals surface area contributed by atoms with Crippen LogP contribution in [0.3, 0.4) is 0 Å². The summed E-state index contributed by atoms with van der Waals surface area (Å²) in [6.45, 7) is 0.681. The summed E-state index contributed by atoms with van der Waals surface area (Å²) in [5.74, 6) is 0.269. The number of amides is 2. The van der Waals surface area contributed by atoms with Crippen LogP contribution in [-0.4, -0.2) is 44.5 Å². The molecule has 0 bridgehead atoms. The van der Waals surface area contributed by atoms with Gasteiger partial charge in [-0.05, 0) is 90.0 Å². The summed E-state index contributed by atoms with van der Waals surface area (Å²) in [7, 11) is 1.59. The normalized spacial score (nSPS) is 15.0. The highest BCUT2D eigenvalue weighted by Crippen LogP contribution is 2.34. The molecule has 0 unspecified atom stereocenters. The van der Waals surface area contributed by atoms with Gasteiger partial charge in [-0.15, -0.1) is 0 Å². The standard InChI is InChI=1S/C28H25BrClN5O3/c1-31-25(36)17-4-7-20(8-5-17)34-26-19(12-16-2-3-16)14-32-35(26)24-15-33(11-10-21(24)28(34)38)27(37)18-6-9-22(29)23(30)13-18/h4-9,13-14,16H,2-3,10-12,15H2,1H3,(H,31,36). The number of rotatable bonds is 5. The SMILES string of the molecule is CNC(=O)c1ccc(-n2c(=O)c3c(n4ncc(CC5CC5)c24)CN(C(=O)c2ccc(Br)c(Cl)c2)CC3)cc1. The van der Waals surface area contributed by atoms with Crippen molar-refractivity contribution in [2.75, 3.05) is 13.6 Å². The maximum Gasteiger partial charge on any atom is 0.261 e. The van der Waals surface area contributed by atoms with Crippen molar-refractivity contribution in [1.29, 1.82) is 0 Å². The Kier molecular flexibility index (Phi) is 6.36. The first-order valence-corrected chi connectivity index (χ1v) is 13.7. The molecular formula is C28H25BrClN5O3. The summed E-state index contributed by atoms with van der Waals surface area (Å²) in [5.41, 5.74) is 4.68. The van der Waals surface area contributed by atoms with Gasteiger partial charge in [-0.25, -0.2) is 4.52 Å². The molecule has 3 heterocycles. The van der Waals surface area contributed by atoms with Gasteiger partial charge in [0.2, 0.25) is 0 Å². The van der Waals surface area contributed by atoms with E-state index in [-0.39, 0.29) is 23.9 Å². The Morgan fingerprint density at radius 1 is 1.13 bits per heavy atom. The van der Waals surface area contributed by atoms with Crippen LogP contribution in [0.5, 0.6) is 0 Å². The molecule has 0 spiro atoms. The van der Waals surface area contributed by atoms with Crippen LogP contribution >= 0.6 is 27.5 Å². The molecule has 1 saturated carbocycles. The van der Waals surface area contributed by atoms with E-state index < -0.39 is 0 Å². The van der Waals surface area contributed by atoms with Gasteiger partial charge >= 0.3 is 0 Å². The molecule has 2 amide bonds. The zero-order valence-corrected chi connectivity index (χ0v) is 23.1. The maximum absolute atomic E-state index is 14.0. The van der Waals surface area contributed by atoms with Crippen molar-refractivity contribution < 1.29 is 9.59 Å². The first-order chi connectivity index (χ1) is 18.4. The predicted molar refractivity (Wildman–Crippen MR) is 148 cm³/mol. The van der Waals surface area contributed by atoms with E-state index in [1.165, 1.54) is 12.8 Å². The molecule has 1 fully saturated rings. The number of nitrogens with one attached hydrogen (secondary N) is 1. The largest absolute Gasteiger partial charge is 0.355 e. The number of carbonyl (C=O) groups excluding carboxylic acids is 2. The van der Waals surface area contributed by atoms with E-state index in [4.69, 9.17) is 16.7 Å². The lowest BCUT2D eigenvalue weighted by atomic mass is 10.0. The van der Waals surface area contributed by atoms with Crippen LogP contribution < -0.4 is 10.9 Å². The molecular weight excluding hydrogens is 570 g/mol. The summed E-state index contributed by atoms with van der Waals surface area (Å²) < 4.78 is 4.27. The minimum absolute atomic E-state index is 0.114. The van der Waals surface area contributed by atoms with Crippen LogP contribution in [0.4, 0.5) is 0 Å². The molecule has 1 N–H and O–H groups in total. The van der Waals surface area contributed by atoms with E-state index in [2.05, 4.69) is 21.2 Å². The van der Waals surface area contributed by atoms with Crippen LogP contribution in [0.2, 0.25) is 5.02 Å². The Balaban J connectivity index is 1.45. The first kappa shape index (κ1) is 24.9. The number of aromatic nitrogens is 3. The number of nitrogens with zero attached hydrogens (tertiary/aromatic N) is 4. The molecule has 10 heteroatoms. The topological polar surface area (TPSA) is 88.7 Å². The Labute approximate surface area is 232 Å². The molecule has 194 valence electrons. The molecule has 8 nitrogen and oxygen atoms in total. The van der Waals surface area contributed by atoms with Gasteiger partial charge in [0.05, 0.1) is 29.1 Å². The van der Waals surface area contributed by atoms with Crippen molar-refractivity contribution >= 4 is 45.0 Å². The monoisotopic (exact) mass is 593 g/mol. The second-order valence-corrected chi connectivity index (χ2v) is 11.1. The average Bonchev–Trinajstić information content (AvgIpc) is 3.67. The van der Waals surface area contributed by atoms with Gasteiger partial charge in [0.15, 0.2) is 0 Å². The predicted octanol–water partition coefficient (Wildman–Crippen LogP) is 4.41. The number of fused-ring (bicyclic) bond motifs is 3. The van der Waals surface area contributed by atoms with E-state index in [1.54, 1.807) is 59.0 Å². The number of hydrogen-bond acceptors (Lipinski definition) is 4. The number of benzene rings is 2. The van der Waals surface area contributed by atoms with Crippen molar-refractivity contribution in [3.8, 4) is 5.69 Å². The second kappa shape index (κ2) is 9.71. The quantitative estimate of drug-likeness (QED) is 0.371. The minimum atomic E-state index is -0.185. The summed E-state index contributed by atoms with van der Waals surface area (Å²) in [6, 6.07) is 12.2. The first-order valence-electron chi connectivity index (χ1n) is 12.6. The maximum atomic E-state index is 14.0. The van der Waals surface area contributed by atoms with E-state index >= 15 is 0 Å². The molecule has 0 radical (unpaired) electrons. The van der Waals surface area contributed by atoms with E-state index in [0.717, 1.165) is 22.2 Å². The van der Waals surface area contributed by atoms with Crippen LogP contribution in [0.15, 0.2) is 57.9 Å². The van der Waals surface area contributed by atoms with Crippen LogP contribution in [0.1, 0.15) is 50.4 Å². The molecule has 2 aliphatic rings. The minimum Gasteiger partial charge on any atom is -0.355 e. The van der Waals surface area contributed by atoms with E-state index in [9.17, 15) is 14.4 Å². The lowest BCUT2D eigenvalue weighted by Gasteiger charge is -2.30. The van der Waals surface area contributed by atoms with E-state index in [1.807, 2.05) is 10.7 Å². The Morgan fingerprint density at radius 3 is 2.55 bits per heavy atom. The fourth-order valence-corrected chi connectivity index (χ4v) is 5.55. The van der Waals surface area contributed by atoms with Crippen molar-refractivity contribution in [1.82, 2.24) is 24.4 Å². The average molecular weight is 595 g/mol. The number of halogens is 2. The summed E-state index contributed by atoms with van der Waals surface area (Å²) in [4.78, 5) is 41.2. The van der Waals surface area contributed by atoms with Crippen LogP contribution in [-0.2, 0) is 19.4 Å². The Bertz CT molecular complexity index is 1660. The van der Waals surface area contributed by atoms with Crippen molar-refractivity contribution in [3.05, 3.63) is 96.5 Å². The van der Waals surface area contributed by atoms with Gasteiger partial charge in [0, 0.05) is 40.3 Å². The third-order valence-electron chi connectivity index (χ3n) is 7.34. The number of hydrogen-bond donors (Lipinski definition) is 1. The lowest BCUT2D eigenvalue weighted by molar-refractivity contribution is 0.0729. The highest BCUT2D eigenvalue weighted by molar-refractivity contribution is 9.10. The zero-order valence-electron chi connectivity index (χ0n) is 20.7. The third-order valence-corrected chi connectivity index (χ3v) is 8.57. The zero-order chi connectivity index (χ0) is 26.6. The third kappa shape index (κ3) is 4.33. The van der Waals surface area contributed by atoms with Gasteiger partial charge < -0.3 is 10.2 Å². The van der Waals surface area contributed by atoms with Crippen LogP contribution in [0.25, 0.3) is 11.3 Å². The van der Waals surface area contributed by atoms with Crippen molar-refractivity contribution in [2.45, 2.75) is 32.2 Å².